The molecule has 1 aromatic heterocycles. The lowest BCUT2D eigenvalue weighted by Gasteiger charge is -2.18. The van der Waals surface area contributed by atoms with Crippen molar-refractivity contribution < 1.29 is 0 Å². The maximum absolute atomic E-state index is 3.47. The Morgan fingerprint density at radius 3 is 2.69 bits per heavy atom. The van der Waals surface area contributed by atoms with Gasteiger partial charge in [0.1, 0.15) is 0 Å². The van der Waals surface area contributed by atoms with Gasteiger partial charge < -0.3 is 5.32 Å². The van der Waals surface area contributed by atoms with E-state index in [1.807, 2.05) is 18.4 Å². The number of rotatable bonds is 4. The van der Waals surface area contributed by atoms with Crippen LogP contribution < -0.4 is 5.32 Å². The molecule has 1 aromatic rings. The predicted molar refractivity (Wildman–Crippen MR) is 63.4 cm³/mol. The zero-order chi connectivity index (χ0) is 9.84. The van der Waals surface area contributed by atoms with Crippen LogP contribution in [0.3, 0.4) is 0 Å². The van der Waals surface area contributed by atoms with E-state index in [0.717, 1.165) is 6.42 Å². The molecule has 0 aliphatic rings. The van der Waals surface area contributed by atoms with Crippen molar-refractivity contribution >= 4 is 27.3 Å². The minimum atomic E-state index is 0.584. The molecule has 0 bridgehead atoms. The highest BCUT2D eigenvalue weighted by Crippen LogP contribution is 2.23. The van der Waals surface area contributed by atoms with Gasteiger partial charge in [-0.2, -0.15) is 0 Å². The van der Waals surface area contributed by atoms with Crippen LogP contribution in [0.25, 0.3) is 0 Å². The number of halogens is 1. The Kier molecular flexibility index (Phi) is 4.42. The minimum Gasteiger partial charge on any atom is -0.317 e. The quantitative estimate of drug-likeness (QED) is 0.877. The molecule has 0 saturated heterocycles. The Balaban J connectivity index is 2.49. The molecular formula is C10H16BrNS. The highest BCUT2D eigenvalue weighted by atomic mass is 79.9. The van der Waals surface area contributed by atoms with Gasteiger partial charge in [-0.15, -0.1) is 11.3 Å². The molecule has 1 nitrogen and oxygen atoms in total. The Morgan fingerprint density at radius 1 is 1.54 bits per heavy atom. The summed E-state index contributed by atoms with van der Waals surface area (Å²) in [7, 11) is 2.02. The van der Waals surface area contributed by atoms with Gasteiger partial charge in [0.05, 0.1) is 0 Å². The monoisotopic (exact) mass is 261 g/mol. The van der Waals surface area contributed by atoms with Crippen molar-refractivity contribution in [3.63, 3.8) is 0 Å². The van der Waals surface area contributed by atoms with Gasteiger partial charge >= 0.3 is 0 Å². The first-order valence-corrected chi connectivity index (χ1v) is 6.21. The lowest BCUT2D eigenvalue weighted by atomic mass is 9.99. The Hall–Kier alpha value is 0.140. The summed E-state index contributed by atoms with van der Waals surface area (Å²) in [4.78, 5) is 1.46. The van der Waals surface area contributed by atoms with E-state index in [0.29, 0.717) is 12.0 Å². The molecule has 0 spiro atoms. The fourth-order valence-electron chi connectivity index (χ4n) is 1.24. The van der Waals surface area contributed by atoms with E-state index in [-0.39, 0.29) is 0 Å². The van der Waals surface area contributed by atoms with Crippen molar-refractivity contribution in [1.29, 1.82) is 0 Å². The van der Waals surface area contributed by atoms with E-state index in [1.165, 1.54) is 9.35 Å². The summed E-state index contributed by atoms with van der Waals surface area (Å²) >= 11 is 5.30. The summed E-state index contributed by atoms with van der Waals surface area (Å²) in [5.74, 6) is 0.690. The molecule has 2 atom stereocenters. The van der Waals surface area contributed by atoms with Crippen LogP contribution in [-0.2, 0) is 6.42 Å². The van der Waals surface area contributed by atoms with E-state index < -0.39 is 0 Å². The van der Waals surface area contributed by atoms with E-state index >= 15 is 0 Å². The topological polar surface area (TPSA) is 12.0 Å². The van der Waals surface area contributed by atoms with E-state index in [9.17, 15) is 0 Å². The van der Waals surface area contributed by atoms with Crippen LogP contribution in [0.15, 0.2) is 15.9 Å². The molecule has 13 heavy (non-hydrogen) atoms. The van der Waals surface area contributed by atoms with Gasteiger partial charge in [0.2, 0.25) is 0 Å². The summed E-state index contributed by atoms with van der Waals surface area (Å²) in [6.45, 7) is 4.52. The van der Waals surface area contributed by atoms with Crippen LogP contribution in [0.1, 0.15) is 18.7 Å². The molecule has 1 N–H and O–H groups in total. The summed E-state index contributed by atoms with van der Waals surface area (Å²) in [5, 5.41) is 5.43. The molecule has 0 saturated carbocycles. The third-order valence-corrected chi connectivity index (χ3v) is 4.17. The number of thiophene rings is 1. The highest BCUT2D eigenvalue weighted by molar-refractivity contribution is 9.10. The van der Waals surface area contributed by atoms with Gasteiger partial charge in [-0.3, -0.25) is 0 Å². The second-order valence-electron chi connectivity index (χ2n) is 3.49. The SMILES string of the molecule is CNC(C)C(C)Cc1cc(Br)cs1. The molecular weight excluding hydrogens is 246 g/mol. The lowest BCUT2D eigenvalue weighted by Crippen LogP contribution is -2.29. The fourth-order valence-corrected chi connectivity index (χ4v) is 2.83. The maximum Gasteiger partial charge on any atom is 0.0285 e. The summed E-state index contributed by atoms with van der Waals surface area (Å²) in [6, 6.07) is 2.80. The van der Waals surface area contributed by atoms with Crippen LogP contribution in [0, 0.1) is 5.92 Å². The number of nitrogens with one attached hydrogen (secondary N) is 1. The highest BCUT2D eigenvalue weighted by Gasteiger charge is 2.11. The molecule has 0 fully saturated rings. The average Bonchev–Trinajstić information content (AvgIpc) is 2.49. The molecule has 0 aliphatic carbocycles. The normalized spacial score (nSPS) is 15.7. The Bertz CT molecular complexity index is 259. The van der Waals surface area contributed by atoms with Gasteiger partial charge in [-0.05, 0) is 48.3 Å². The third-order valence-electron chi connectivity index (χ3n) is 2.45. The summed E-state index contributed by atoms with van der Waals surface area (Å²) in [6.07, 6.45) is 1.16. The van der Waals surface area contributed by atoms with Crippen LogP contribution in [0.4, 0.5) is 0 Å². The standard InChI is InChI=1S/C10H16BrNS/c1-7(8(2)12-3)4-10-5-9(11)6-13-10/h5-8,12H,4H2,1-3H3. The third kappa shape index (κ3) is 3.41. The average molecular weight is 262 g/mol. The summed E-state index contributed by atoms with van der Waals surface area (Å²) in [5.41, 5.74) is 0. The smallest absolute Gasteiger partial charge is 0.0285 e. The van der Waals surface area contributed by atoms with Gasteiger partial charge in [-0.1, -0.05) is 6.92 Å². The first-order valence-electron chi connectivity index (χ1n) is 4.53. The van der Waals surface area contributed by atoms with Crippen molar-refractivity contribution in [3.05, 3.63) is 20.8 Å². The first-order chi connectivity index (χ1) is 6.13. The first kappa shape index (κ1) is 11.2. The molecule has 3 heteroatoms. The minimum absolute atomic E-state index is 0.584. The van der Waals surface area contributed by atoms with Gasteiger partial charge in [-0.25, -0.2) is 0 Å². The van der Waals surface area contributed by atoms with Gasteiger partial charge in [0.25, 0.3) is 0 Å². The number of hydrogen-bond donors (Lipinski definition) is 1. The fraction of sp³-hybridized carbons (Fsp3) is 0.600. The summed E-state index contributed by atoms with van der Waals surface area (Å²) < 4.78 is 1.21. The zero-order valence-corrected chi connectivity index (χ0v) is 10.7. The van der Waals surface area contributed by atoms with Gasteiger partial charge in [0, 0.05) is 20.8 Å². The maximum atomic E-state index is 3.47. The van der Waals surface area contributed by atoms with Gasteiger partial charge in [0.15, 0.2) is 0 Å². The van der Waals surface area contributed by atoms with Crippen molar-refractivity contribution in [3.8, 4) is 0 Å². The Labute approximate surface area is 92.7 Å². The van der Waals surface area contributed by atoms with E-state index in [2.05, 4.69) is 46.5 Å². The zero-order valence-electron chi connectivity index (χ0n) is 8.30. The predicted octanol–water partition coefficient (Wildman–Crippen LogP) is 3.30. The van der Waals surface area contributed by atoms with Crippen LogP contribution >= 0.6 is 27.3 Å². The second kappa shape index (κ2) is 5.13. The molecule has 0 aliphatic heterocycles. The van der Waals surface area contributed by atoms with Crippen molar-refractivity contribution in [2.75, 3.05) is 7.05 Å². The second-order valence-corrected chi connectivity index (χ2v) is 5.40. The Morgan fingerprint density at radius 2 is 2.23 bits per heavy atom. The van der Waals surface area contributed by atoms with Crippen LogP contribution in [0.2, 0.25) is 0 Å². The van der Waals surface area contributed by atoms with Crippen LogP contribution in [-0.4, -0.2) is 13.1 Å². The van der Waals surface area contributed by atoms with Crippen molar-refractivity contribution in [2.24, 2.45) is 5.92 Å². The van der Waals surface area contributed by atoms with Crippen molar-refractivity contribution in [2.45, 2.75) is 26.3 Å². The molecule has 74 valence electrons. The largest absolute Gasteiger partial charge is 0.317 e. The molecule has 1 rings (SSSR count). The van der Waals surface area contributed by atoms with E-state index in [1.54, 1.807) is 0 Å². The lowest BCUT2D eigenvalue weighted by molar-refractivity contribution is 0.426. The molecule has 0 radical (unpaired) electrons. The molecule has 0 aromatic carbocycles. The van der Waals surface area contributed by atoms with E-state index in [4.69, 9.17) is 0 Å². The molecule has 1 heterocycles. The molecule has 0 amide bonds. The number of hydrogen-bond acceptors (Lipinski definition) is 2. The van der Waals surface area contributed by atoms with Crippen LogP contribution in [0.5, 0.6) is 0 Å². The van der Waals surface area contributed by atoms with Crippen molar-refractivity contribution in [1.82, 2.24) is 5.32 Å². The molecule has 2 unspecified atom stereocenters.